The van der Waals surface area contributed by atoms with E-state index >= 15 is 0 Å². The van der Waals surface area contributed by atoms with Gasteiger partial charge in [-0.3, -0.25) is 0 Å². The van der Waals surface area contributed by atoms with Crippen LogP contribution in [0.5, 0.6) is 0 Å². The summed E-state index contributed by atoms with van der Waals surface area (Å²) in [6, 6.07) is 0. The second-order valence-corrected chi connectivity index (χ2v) is 4.90. The Morgan fingerprint density at radius 2 is 2.08 bits per heavy atom. The fourth-order valence-electron chi connectivity index (χ4n) is 3.45. The summed E-state index contributed by atoms with van der Waals surface area (Å²) < 4.78 is 5.73. The molecule has 4 unspecified atom stereocenters. The van der Waals surface area contributed by atoms with E-state index in [4.69, 9.17) is 4.74 Å². The van der Waals surface area contributed by atoms with E-state index in [-0.39, 0.29) is 0 Å². The molecule has 1 aliphatic heterocycles. The van der Waals surface area contributed by atoms with Crippen molar-refractivity contribution >= 4 is 0 Å². The largest absolute Gasteiger partial charge is 0.378 e. The standard InChI is InChI=1S/C11H20O/c1-7(2)11-8(3)6-10-9(11)4-5-12-10/h7-11H,4-6H2,1-3H3. The van der Waals surface area contributed by atoms with E-state index in [2.05, 4.69) is 20.8 Å². The van der Waals surface area contributed by atoms with Gasteiger partial charge < -0.3 is 4.74 Å². The average Bonchev–Trinajstić information content (AvgIpc) is 2.44. The molecule has 1 nitrogen and oxygen atoms in total. The molecule has 2 aliphatic rings. The summed E-state index contributed by atoms with van der Waals surface area (Å²) in [5.41, 5.74) is 0. The van der Waals surface area contributed by atoms with Crippen molar-refractivity contribution in [2.45, 2.75) is 39.7 Å². The molecule has 0 aromatic carbocycles. The first-order chi connectivity index (χ1) is 5.70. The van der Waals surface area contributed by atoms with Crippen molar-refractivity contribution in [2.24, 2.45) is 23.7 Å². The van der Waals surface area contributed by atoms with Gasteiger partial charge in [0, 0.05) is 6.61 Å². The predicted molar refractivity (Wildman–Crippen MR) is 50.0 cm³/mol. The number of fused-ring (bicyclic) bond motifs is 1. The molecule has 1 saturated carbocycles. The second kappa shape index (κ2) is 3.02. The first kappa shape index (κ1) is 8.55. The fourth-order valence-corrected chi connectivity index (χ4v) is 3.45. The van der Waals surface area contributed by atoms with E-state index < -0.39 is 0 Å². The van der Waals surface area contributed by atoms with Crippen LogP contribution in [0.25, 0.3) is 0 Å². The highest BCUT2D eigenvalue weighted by molar-refractivity contribution is 4.93. The van der Waals surface area contributed by atoms with Crippen molar-refractivity contribution in [1.82, 2.24) is 0 Å². The third-order valence-corrected chi connectivity index (χ3v) is 3.79. The summed E-state index contributed by atoms with van der Waals surface area (Å²) in [7, 11) is 0. The zero-order valence-electron chi connectivity index (χ0n) is 8.42. The maximum absolute atomic E-state index is 5.73. The zero-order valence-corrected chi connectivity index (χ0v) is 8.42. The Morgan fingerprint density at radius 3 is 2.75 bits per heavy atom. The normalized spacial score (nSPS) is 47.0. The molecule has 0 N–H and O–H groups in total. The molecule has 12 heavy (non-hydrogen) atoms. The molecular formula is C11H20O. The first-order valence-electron chi connectivity index (χ1n) is 5.31. The van der Waals surface area contributed by atoms with E-state index in [1.165, 1.54) is 12.8 Å². The maximum Gasteiger partial charge on any atom is 0.0609 e. The lowest BCUT2D eigenvalue weighted by Crippen LogP contribution is -2.20. The van der Waals surface area contributed by atoms with Crippen LogP contribution < -0.4 is 0 Å². The molecule has 2 rings (SSSR count). The van der Waals surface area contributed by atoms with Crippen LogP contribution in [0.4, 0.5) is 0 Å². The third kappa shape index (κ3) is 1.19. The molecule has 0 amide bonds. The van der Waals surface area contributed by atoms with Gasteiger partial charge in [0.15, 0.2) is 0 Å². The molecule has 1 aliphatic carbocycles. The van der Waals surface area contributed by atoms with Gasteiger partial charge in [-0.05, 0) is 36.5 Å². The van der Waals surface area contributed by atoms with Gasteiger partial charge in [0.05, 0.1) is 6.10 Å². The predicted octanol–water partition coefficient (Wildman–Crippen LogP) is 2.70. The Bertz CT molecular complexity index is 164. The molecule has 0 radical (unpaired) electrons. The van der Waals surface area contributed by atoms with Crippen LogP contribution in [0, 0.1) is 23.7 Å². The lowest BCUT2D eigenvalue weighted by Gasteiger charge is -2.24. The SMILES string of the molecule is CC(C)C1C(C)CC2OCCC21. The molecule has 1 saturated heterocycles. The van der Waals surface area contributed by atoms with Crippen molar-refractivity contribution in [1.29, 1.82) is 0 Å². The van der Waals surface area contributed by atoms with Crippen LogP contribution in [-0.2, 0) is 4.74 Å². The summed E-state index contributed by atoms with van der Waals surface area (Å²) in [4.78, 5) is 0. The minimum absolute atomic E-state index is 0.618. The first-order valence-corrected chi connectivity index (χ1v) is 5.31. The van der Waals surface area contributed by atoms with Crippen molar-refractivity contribution in [3.8, 4) is 0 Å². The summed E-state index contributed by atoms with van der Waals surface area (Å²) in [5.74, 6) is 3.55. The van der Waals surface area contributed by atoms with Gasteiger partial charge in [-0.2, -0.15) is 0 Å². The van der Waals surface area contributed by atoms with Gasteiger partial charge in [-0.1, -0.05) is 20.8 Å². The summed E-state index contributed by atoms with van der Waals surface area (Å²) in [6.45, 7) is 8.14. The number of hydrogen-bond donors (Lipinski definition) is 0. The molecule has 70 valence electrons. The van der Waals surface area contributed by atoms with Crippen molar-refractivity contribution in [3.63, 3.8) is 0 Å². The summed E-state index contributed by atoms with van der Waals surface area (Å²) in [5, 5.41) is 0. The van der Waals surface area contributed by atoms with Gasteiger partial charge in [0.1, 0.15) is 0 Å². The topological polar surface area (TPSA) is 9.23 Å². The molecule has 0 bridgehead atoms. The minimum Gasteiger partial charge on any atom is -0.378 e. The van der Waals surface area contributed by atoms with Gasteiger partial charge in [-0.25, -0.2) is 0 Å². The smallest absolute Gasteiger partial charge is 0.0609 e. The van der Waals surface area contributed by atoms with E-state index in [0.717, 1.165) is 30.3 Å². The van der Waals surface area contributed by atoms with Gasteiger partial charge in [0.2, 0.25) is 0 Å². The van der Waals surface area contributed by atoms with Crippen LogP contribution in [0.15, 0.2) is 0 Å². The van der Waals surface area contributed by atoms with Crippen LogP contribution in [0.2, 0.25) is 0 Å². The monoisotopic (exact) mass is 168 g/mol. The van der Waals surface area contributed by atoms with Crippen molar-refractivity contribution in [2.75, 3.05) is 6.61 Å². The van der Waals surface area contributed by atoms with Gasteiger partial charge >= 0.3 is 0 Å². The summed E-state index contributed by atoms with van der Waals surface area (Å²) in [6.07, 6.45) is 3.25. The van der Waals surface area contributed by atoms with E-state index in [1.54, 1.807) is 0 Å². The highest BCUT2D eigenvalue weighted by Crippen LogP contribution is 2.47. The van der Waals surface area contributed by atoms with E-state index in [1.807, 2.05) is 0 Å². The van der Waals surface area contributed by atoms with Crippen LogP contribution in [0.1, 0.15) is 33.6 Å². The highest BCUT2D eigenvalue weighted by atomic mass is 16.5. The quantitative estimate of drug-likeness (QED) is 0.585. The zero-order chi connectivity index (χ0) is 8.72. The Morgan fingerprint density at radius 1 is 1.33 bits per heavy atom. The Balaban J connectivity index is 2.10. The average molecular weight is 168 g/mol. The maximum atomic E-state index is 5.73. The van der Waals surface area contributed by atoms with Crippen LogP contribution in [-0.4, -0.2) is 12.7 Å². The van der Waals surface area contributed by atoms with Crippen LogP contribution >= 0.6 is 0 Å². The molecule has 0 spiro atoms. The second-order valence-electron chi connectivity index (χ2n) is 4.90. The van der Waals surface area contributed by atoms with Crippen molar-refractivity contribution < 1.29 is 4.74 Å². The van der Waals surface area contributed by atoms with E-state index in [9.17, 15) is 0 Å². The van der Waals surface area contributed by atoms with Crippen LogP contribution in [0.3, 0.4) is 0 Å². The minimum atomic E-state index is 0.618. The Kier molecular flexibility index (Phi) is 2.16. The number of hydrogen-bond acceptors (Lipinski definition) is 1. The number of rotatable bonds is 1. The fraction of sp³-hybridized carbons (Fsp3) is 1.00. The third-order valence-electron chi connectivity index (χ3n) is 3.79. The molecule has 0 aromatic rings. The van der Waals surface area contributed by atoms with E-state index in [0.29, 0.717) is 6.10 Å². The van der Waals surface area contributed by atoms with Crippen molar-refractivity contribution in [3.05, 3.63) is 0 Å². The van der Waals surface area contributed by atoms with Gasteiger partial charge in [-0.15, -0.1) is 0 Å². The lowest BCUT2D eigenvalue weighted by atomic mass is 9.80. The summed E-state index contributed by atoms with van der Waals surface area (Å²) >= 11 is 0. The Hall–Kier alpha value is -0.0400. The molecule has 1 heterocycles. The molecule has 0 aromatic heterocycles. The molecule has 4 atom stereocenters. The molecular weight excluding hydrogens is 148 g/mol. The Labute approximate surface area is 75.5 Å². The number of ether oxygens (including phenoxy) is 1. The molecule has 2 fully saturated rings. The van der Waals surface area contributed by atoms with Gasteiger partial charge in [0.25, 0.3) is 0 Å². The highest BCUT2D eigenvalue weighted by Gasteiger charge is 2.45. The lowest BCUT2D eigenvalue weighted by molar-refractivity contribution is 0.0967. The molecule has 1 heteroatoms.